The lowest BCUT2D eigenvalue weighted by atomic mass is 10.00. The second kappa shape index (κ2) is 7.82. The molecule has 1 aromatic carbocycles. The average Bonchev–Trinajstić information content (AvgIpc) is 2.38. The van der Waals surface area contributed by atoms with Crippen LogP contribution in [0, 0.1) is 5.92 Å². The van der Waals surface area contributed by atoms with Crippen LogP contribution in [0.4, 0.5) is 11.4 Å². The van der Waals surface area contributed by atoms with Crippen molar-refractivity contribution in [1.82, 2.24) is 0 Å². The Labute approximate surface area is 109 Å². The second-order valence-electron chi connectivity index (χ2n) is 4.50. The van der Waals surface area contributed by atoms with E-state index in [0.29, 0.717) is 5.92 Å². The fourth-order valence-electron chi connectivity index (χ4n) is 2.01. The van der Waals surface area contributed by atoms with Crippen LogP contribution in [0.1, 0.15) is 26.2 Å². The molecule has 1 aromatic rings. The van der Waals surface area contributed by atoms with E-state index in [0.717, 1.165) is 42.9 Å². The number of methoxy groups -OCH3 is 1. The van der Waals surface area contributed by atoms with E-state index >= 15 is 0 Å². The van der Waals surface area contributed by atoms with Crippen LogP contribution in [0.15, 0.2) is 18.2 Å². The van der Waals surface area contributed by atoms with E-state index in [4.69, 9.17) is 15.6 Å². The minimum Gasteiger partial charge on any atom is -0.497 e. The van der Waals surface area contributed by atoms with E-state index < -0.39 is 0 Å². The molecule has 0 aliphatic rings. The van der Waals surface area contributed by atoms with Gasteiger partial charge in [0.2, 0.25) is 0 Å². The molecule has 0 fully saturated rings. The highest BCUT2D eigenvalue weighted by Gasteiger charge is 2.08. The smallest absolute Gasteiger partial charge is 0.121 e. The first-order valence-corrected chi connectivity index (χ1v) is 6.49. The summed E-state index contributed by atoms with van der Waals surface area (Å²) in [4.78, 5) is 0. The van der Waals surface area contributed by atoms with Gasteiger partial charge in [-0.15, -0.1) is 0 Å². The summed E-state index contributed by atoms with van der Waals surface area (Å²) in [7, 11) is 1.64. The van der Waals surface area contributed by atoms with Crippen molar-refractivity contribution in [1.29, 1.82) is 0 Å². The standard InChI is InChI=1S/C14H24N2O2/c1-3-4-11(7-8-17)10-16-14-9-12(18-2)5-6-13(14)15/h5-6,9,11,16-17H,3-4,7-8,10,15H2,1-2H3. The maximum Gasteiger partial charge on any atom is 0.121 e. The number of hydrogen-bond acceptors (Lipinski definition) is 4. The van der Waals surface area contributed by atoms with Crippen molar-refractivity contribution in [3.8, 4) is 5.75 Å². The van der Waals surface area contributed by atoms with Gasteiger partial charge in [-0.3, -0.25) is 0 Å². The van der Waals surface area contributed by atoms with E-state index in [1.807, 2.05) is 18.2 Å². The number of nitrogens with one attached hydrogen (secondary N) is 1. The fourth-order valence-corrected chi connectivity index (χ4v) is 2.01. The molecule has 1 atom stereocenters. The van der Waals surface area contributed by atoms with Gasteiger partial charge < -0.3 is 20.9 Å². The number of rotatable bonds is 8. The number of nitrogen functional groups attached to an aromatic ring is 1. The van der Waals surface area contributed by atoms with Crippen LogP contribution in [-0.2, 0) is 0 Å². The van der Waals surface area contributed by atoms with Crippen LogP contribution >= 0.6 is 0 Å². The molecule has 0 aromatic heterocycles. The molecule has 0 aliphatic heterocycles. The predicted octanol–water partition coefficient (Wildman–Crippen LogP) is 2.49. The molecule has 0 bridgehead atoms. The molecule has 0 radical (unpaired) electrons. The van der Waals surface area contributed by atoms with Gasteiger partial charge in [0.1, 0.15) is 5.75 Å². The zero-order valence-corrected chi connectivity index (χ0v) is 11.3. The van der Waals surface area contributed by atoms with Crippen LogP contribution in [0.5, 0.6) is 5.75 Å². The van der Waals surface area contributed by atoms with E-state index in [1.54, 1.807) is 7.11 Å². The molecule has 4 heteroatoms. The lowest BCUT2D eigenvalue weighted by Crippen LogP contribution is -2.16. The van der Waals surface area contributed by atoms with Crippen LogP contribution < -0.4 is 15.8 Å². The quantitative estimate of drug-likeness (QED) is 0.622. The molecule has 0 heterocycles. The van der Waals surface area contributed by atoms with E-state index in [9.17, 15) is 0 Å². The summed E-state index contributed by atoms with van der Waals surface area (Å²) in [6, 6.07) is 5.58. The van der Waals surface area contributed by atoms with Crippen molar-refractivity contribution in [2.75, 3.05) is 31.3 Å². The zero-order chi connectivity index (χ0) is 13.4. The number of ether oxygens (including phenoxy) is 1. The summed E-state index contributed by atoms with van der Waals surface area (Å²) < 4.78 is 5.18. The van der Waals surface area contributed by atoms with Gasteiger partial charge in [0.15, 0.2) is 0 Å². The Bertz CT molecular complexity index is 350. The Hall–Kier alpha value is -1.42. The molecular formula is C14H24N2O2. The van der Waals surface area contributed by atoms with E-state index in [-0.39, 0.29) is 6.61 Å². The van der Waals surface area contributed by atoms with E-state index in [1.165, 1.54) is 0 Å². The predicted molar refractivity (Wildman–Crippen MR) is 76.0 cm³/mol. The third-order valence-electron chi connectivity index (χ3n) is 3.08. The molecule has 4 nitrogen and oxygen atoms in total. The topological polar surface area (TPSA) is 67.5 Å². The highest BCUT2D eigenvalue weighted by atomic mass is 16.5. The third kappa shape index (κ3) is 4.45. The summed E-state index contributed by atoms with van der Waals surface area (Å²) in [5, 5.41) is 12.4. The molecule has 0 spiro atoms. The maximum absolute atomic E-state index is 9.02. The molecule has 102 valence electrons. The van der Waals surface area contributed by atoms with Gasteiger partial charge in [0.05, 0.1) is 18.5 Å². The van der Waals surface area contributed by atoms with Gasteiger partial charge in [-0.2, -0.15) is 0 Å². The molecule has 0 aliphatic carbocycles. The molecule has 1 unspecified atom stereocenters. The van der Waals surface area contributed by atoms with Gasteiger partial charge in [-0.25, -0.2) is 0 Å². The van der Waals surface area contributed by atoms with Gasteiger partial charge in [0.25, 0.3) is 0 Å². The number of hydrogen-bond donors (Lipinski definition) is 3. The van der Waals surface area contributed by atoms with Crippen molar-refractivity contribution in [2.24, 2.45) is 5.92 Å². The second-order valence-corrected chi connectivity index (χ2v) is 4.50. The summed E-state index contributed by atoms with van der Waals surface area (Å²) in [5.41, 5.74) is 7.53. The van der Waals surface area contributed by atoms with Crippen LogP contribution in [0.25, 0.3) is 0 Å². The van der Waals surface area contributed by atoms with Gasteiger partial charge >= 0.3 is 0 Å². The third-order valence-corrected chi connectivity index (χ3v) is 3.08. The SMILES string of the molecule is CCCC(CCO)CNc1cc(OC)ccc1N. The van der Waals surface area contributed by atoms with Gasteiger partial charge in [0, 0.05) is 19.2 Å². The van der Waals surface area contributed by atoms with Crippen molar-refractivity contribution >= 4 is 11.4 Å². The van der Waals surface area contributed by atoms with Crippen LogP contribution in [0.3, 0.4) is 0 Å². The minimum absolute atomic E-state index is 0.236. The van der Waals surface area contributed by atoms with Crippen LogP contribution in [0.2, 0.25) is 0 Å². The number of aliphatic hydroxyl groups excluding tert-OH is 1. The minimum atomic E-state index is 0.236. The Morgan fingerprint density at radius 3 is 2.78 bits per heavy atom. The molecule has 4 N–H and O–H groups in total. The number of benzene rings is 1. The van der Waals surface area contributed by atoms with Crippen molar-refractivity contribution in [3.05, 3.63) is 18.2 Å². The molecule has 1 rings (SSSR count). The van der Waals surface area contributed by atoms with Crippen molar-refractivity contribution in [3.63, 3.8) is 0 Å². The zero-order valence-electron chi connectivity index (χ0n) is 11.3. The first kappa shape index (κ1) is 14.6. The Morgan fingerprint density at radius 1 is 1.39 bits per heavy atom. The average molecular weight is 252 g/mol. The highest BCUT2D eigenvalue weighted by molar-refractivity contribution is 5.68. The summed E-state index contributed by atoms with van der Waals surface area (Å²) in [6.07, 6.45) is 3.06. The molecule has 18 heavy (non-hydrogen) atoms. The number of nitrogens with two attached hydrogens (primary N) is 1. The largest absolute Gasteiger partial charge is 0.497 e. The first-order valence-electron chi connectivity index (χ1n) is 6.49. The monoisotopic (exact) mass is 252 g/mol. The van der Waals surface area contributed by atoms with E-state index in [2.05, 4.69) is 12.2 Å². The summed E-state index contributed by atoms with van der Waals surface area (Å²) in [6.45, 7) is 3.22. The molecule has 0 saturated carbocycles. The lowest BCUT2D eigenvalue weighted by molar-refractivity contribution is 0.255. The normalized spacial score (nSPS) is 12.2. The number of aliphatic hydroxyl groups is 1. The Morgan fingerprint density at radius 2 is 2.17 bits per heavy atom. The van der Waals surface area contributed by atoms with Crippen LogP contribution in [-0.4, -0.2) is 25.4 Å². The van der Waals surface area contributed by atoms with Crippen molar-refractivity contribution < 1.29 is 9.84 Å². The highest BCUT2D eigenvalue weighted by Crippen LogP contribution is 2.25. The molecule has 0 amide bonds. The first-order chi connectivity index (χ1) is 8.71. The van der Waals surface area contributed by atoms with Crippen molar-refractivity contribution in [2.45, 2.75) is 26.2 Å². The van der Waals surface area contributed by atoms with Gasteiger partial charge in [-0.05, 0) is 30.9 Å². The molecule has 0 saturated heterocycles. The summed E-state index contributed by atoms with van der Waals surface area (Å²) >= 11 is 0. The lowest BCUT2D eigenvalue weighted by Gasteiger charge is -2.18. The number of anilines is 2. The van der Waals surface area contributed by atoms with Gasteiger partial charge in [-0.1, -0.05) is 13.3 Å². The Balaban J connectivity index is 2.60. The Kier molecular flexibility index (Phi) is 6.36. The summed E-state index contributed by atoms with van der Waals surface area (Å²) in [5.74, 6) is 1.27. The maximum atomic E-state index is 9.02. The fraction of sp³-hybridized carbons (Fsp3) is 0.571. The molecular weight excluding hydrogens is 228 g/mol.